The average Bonchev–Trinajstić information content (AvgIpc) is 2.79. The van der Waals surface area contributed by atoms with Crippen LogP contribution in [0.3, 0.4) is 0 Å². The largest absolute Gasteiger partial charge is 0.495 e. The van der Waals surface area contributed by atoms with Crippen LogP contribution in [-0.2, 0) is 26.2 Å². The van der Waals surface area contributed by atoms with Crippen LogP contribution >= 0.6 is 11.6 Å². The molecule has 32 heavy (non-hydrogen) atoms. The summed E-state index contributed by atoms with van der Waals surface area (Å²) in [5, 5.41) is 0.160. The molecule has 8 nitrogen and oxygen atoms in total. The van der Waals surface area contributed by atoms with Crippen molar-refractivity contribution in [3.05, 3.63) is 59.1 Å². The Balaban J connectivity index is 1.84. The molecule has 0 atom stereocenters. The number of hydrogen-bond donors (Lipinski definition) is 1. The van der Waals surface area contributed by atoms with Gasteiger partial charge >= 0.3 is 0 Å². The second-order valence-electron chi connectivity index (χ2n) is 7.61. The first-order valence-corrected chi connectivity index (χ1v) is 12.0. The van der Waals surface area contributed by atoms with Crippen molar-refractivity contribution in [2.75, 3.05) is 26.7 Å². The van der Waals surface area contributed by atoms with E-state index in [1.807, 2.05) is 6.07 Å². The van der Waals surface area contributed by atoms with Gasteiger partial charge in [0, 0.05) is 25.6 Å². The van der Waals surface area contributed by atoms with Crippen LogP contribution in [0.2, 0.25) is 5.02 Å². The fourth-order valence-corrected chi connectivity index (χ4v) is 5.36. The summed E-state index contributed by atoms with van der Waals surface area (Å²) in [6, 6.07) is 13.2. The quantitative estimate of drug-likeness (QED) is 0.624. The number of amides is 2. The number of primary amides is 1. The normalized spacial score (nSPS) is 15.0. The Bertz CT molecular complexity index is 1070. The molecule has 1 saturated heterocycles. The molecule has 2 aromatic carbocycles. The van der Waals surface area contributed by atoms with Gasteiger partial charge in [0.15, 0.2) is 0 Å². The van der Waals surface area contributed by atoms with Gasteiger partial charge in [0.05, 0.1) is 23.6 Å². The fourth-order valence-electron chi connectivity index (χ4n) is 3.63. The highest BCUT2D eigenvalue weighted by atomic mass is 35.5. The van der Waals surface area contributed by atoms with E-state index in [0.717, 1.165) is 9.87 Å². The minimum Gasteiger partial charge on any atom is -0.495 e. The number of likely N-dealkylation sites (tertiary alicyclic amines) is 1. The monoisotopic (exact) mass is 479 g/mol. The summed E-state index contributed by atoms with van der Waals surface area (Å²) in [5.41, 5.74) is 6.11. The lowest BCUT2D eigenvalue weighted by Crippen LogP contribution is -2.46. The lowest BCUT2D eigenvalue weighted by molar-refractivity contribution is -0.135. The van der Waals surface area contributed by atoms with Crippen LogP contribution in [0, 0.1) is 5.92 Å². The van der Waals surface area contributed by atoms with E-state index < -0.39 is 10.0 Å². The van der Waals surface area contributed by atoms with E-state index in [1.54, 1.807) is 29.2 Å². The minimum absolute atomic E-state index is 0.0241. The summed E-state index contributed by atoms with van der Waals surface area (Å²) < 4.78 is 33.1. The first-order chi connectivity index (χ1) is 15.2. The molecule has 0 unspecified atom stereocenters. The van der Waals surface area contributed by atoms with Crippen LogP contribution in [0.4, 0.5) is 0 Å². The Morgan fingerprint density at radius 3 is 2.38 bits per heavy atom. The smallest absolute Gasteiger partial charge is 0.243 e. The summed E-state index contributed by atoms with van der Waals surface area (Å²) >= 11 is 6.15. The molecule has 1 aliphatic rings. The Hall–Kier alpha value is -2.62. The molecule has 3 rings (SSSR count). The summed E-state index contributed by atoms with van der Waals surface area (Å²) in [6.07, 6.45) is 0.946. The number of ether oxygens (including phenoxy) is 1. The summed E-state index contributed by atoms with van der Waals surface area (Å²) in [4.78, 5) is 25.9. The van der Waals surface area contributed by atoms with Crippen molar-refractivity contribution in [1.29, 1.82) is 0 Å². The number of methoxy groups -OCH3 is 1. The molecule has 0 aliphatic carbocycles. The highest BCUT2D eigenvalue weighted by Gasteiger charge is 2.31. The number of nitrogens with zero attached hydrogens (tertiary/aromatic N) is 2. The van der Waals surface area contributed by atoms with Gasteiger partial charge in [0.25, 0.3) is 0 Å². The van der Waals surface area contributed by atoms with Crippen LogP contribution in [-0.4, -0.2) is 56.2 Å². The number of halogens is 1. The van der Waals surface area contributed by atoms with Gasteiger partial charge in [-0.05, 0) is 36.6 Å². The lowest BCUT2D eigenvalue weighted by Gasteiger charge is -2.32. The topological polar surface area (TPSA) is 110 Å². The van der Waals surface area contributed by atoms with Gasteiger partial charge in [-0.1, -0.05) is 41.9 Å². The molecule has 1 aliphatic heterocycles. The zero-order chi connectivity index (χ0) is 23.3. The molecule has 10 heteroatoms. The van der Waals surface area contributed by atoms with Crippen molar-refractivity contribution in [3.8, 4) is 5.75 Å². The highest BCUT2D eigenvalue weighted by Crippen LogP contribution is 2.29. The predicted octanol–water partition coefficient (Wildman–Crippen LogP) is 2.26. The van der Waals surface area contributed by atoms with E-state index in [0.29, 0.717) is 31.7 Å². The molecule has 0 spiro atoms. The molecular weight excluding hydrogens is 454 g/mol. The highest BCUT2D eigenvalue weighted by molar-refractivity contribution is 7.89. The molecule has 2 N–H and O–H groups in total. The Morgan fingerprint density at radius 1 is 1.16 bits per heavy atom. The maximum atomic E-state index is 13.4. The molecule has 2 aromatic rings. The molecule has 1 fully saturated rings. The Labute approximate surface area is 192 Å². The van der Waals surface area contributed by atoms with Gasteiger partial charge in [0.2, 0.25) is 21.8 Å². The third-order valence-corrected chi connectivity index (χ3v) is 7.61. The SMILES string of the molecule is COc1ccc(S(=O)(=O)N(CC(=O)N2CCC(C(N)=O)CC2)Cc2ccccc2)cc1Cl. The molecule has 0 aromatic heterocycles. The molecule has 0 radical (unpaired) electrons. The van der Waals surface area contributed by atoms with Crippen molar-refractivity contribution in [3.63, 3.8) is 0 Å². The Morgan fingerprint density at radius 2 is 1.81 bits per heavy atom. The van der Waals surface area contributed by atoms with Crippen molar-refractivity contribution in [2.45, 2.75) is 24.3 Å². The van der Waals surface area contributed by atoms with Gasteiger partial charge in [-0.25, -0.2) is 8.42 Å². The second-order valence-corrected chi connectivity index (χ2v) is 9.96. The number of carbonyl (C=O) groups excluding carboxylic acids is 2. The van der Waals surface area contributed by atoms with Crippen molar-refractivity contribution < 1.29 is 22.7 Å². The summed E-state index contributed by atoms with van der Waals surface area (Å²) in [5.74, 6) is -0.605. The number of piperidine rings is 1. The Kier molecular flexibility index (Phi) is 7.76. The van der Waals surface area contributed by atoms with Gasteiger partial charge in [-0.2, -0.15) is 4.31 Å². The van der Waals surface area contributed by atoms with Gasteiger partial charge < -0.3 is 15.4 Å². The van der Waals surface area contributed by atoms with Crippen LogP contribution in [0.1, 0.15) is 18.4 Å². The number of sulfonamides is 1. The molecule has 172 valence electrons. The number of nitrogens with two attached hydrogens (primary N) is 1. The molecule has 0 saturated carbocycles. The zero-order valence-corrected chi connectivity index (χ0v) is 19.3. The van der Waals surface area contributed by atoms with E-state index in [2.05, 4.69) is 0 Å². The van der Waals surface area contributed by atoms with E-state index in [-0.39, 0.29) is 40.7 Å². The third-order valence-electron chi connectivity index (χ3n) is 5.52. The third kappa shape index (κ3) is 5.59. The number of benzene rings is 2. The number of rotatable bonds is 8. The number of hydrogen-bond acceptors (Lipinski definition) is 5. The maximum Gasteiger partial charge on any atom is 0.243 e. The predicted molar refractivity (Wildman–Crippen MR) is 121 cm³/mol. The van der Waals surface area contributed by atoms with E-state index >= 15 is 0 Å². The van der Waals surface area contributed by atoms with E-state index in [4.69, 9.17) is 22.1 Å². The van der Waals surface area contributed by atoms with Crippen molar-refractivity contribution in [2.24, 2.45) is 11.7 Å². The average molecular weight is 480 g/mol. The fraction of sp³-hybridized carbons (Fsp3) is 0.364. The summed E-state index contributed by atoms with van der Waals surface area (Å²) in [7, 11) is -2.59. The van der Waals surface area contributed by atoms with Crippen molar-refractivity contribution >= 4 is 33.4 Å². The lowest BCUT2D eigenvalue weighted by atomic mass is 9.96. The van der Waals surface area contributed by atoms with Crippen LogP contribution in [0.5, 0.6) is 5.75 Å². The first kappa shape index (κ1) is 24.0. The maximum absolute atomic E-state index is 13.4. The number of carbonyl (C=O) groups is 2. The van der Waals surface area contributed by atoms with Crippen LogP contribution in [0.25, 0.3) is 0 Å². The van der Waals surface area contributed by atoms with Crippen LogP contribution in [0.15, 0.2) is 53.4 Å². The van der Waals surface area contributed by atoms with Gasteiger partial charge in [-0.15, -0.1) is 0 Å². The molecular formula is C22H26ClN3O5S. The first-order valence-electron chi connectivity index (χ1n) is 10.2. The standard InChI is InChI=1S/C22H26ClN3O5S/c1-31-20-8-7-18(13-19(20)23)32(29,30)26(14-16-5-3-2-4-6-16)15-21(27)25-11-9-17(10-12-25)22(24)28/h2-8,13,17H,9-12,14-15H2,1H3,(H2,24,28). The van der Waals surface area contributed by atoms with Gasteiger partial charge in [0.1, 0.15) is 5.75 Å². The molecule has 2 amide bonds. The zero-order valence-electron chi connectivity index (χ0n) is 17.7. The van der Waals surface area contributed by atoms with Crippen molar-refractivity contribution in [1.82, 2.24) is 9.21 Å². The van der Waals surface area contributed by atoms with Gasteiger partial charge in [-0.3, -0.25) is 9.59 Å². The minimum atomic E-state index is -4.03. The van der Waals surface area contributed by atoms with E-state index in [9.17, 15) is 18.0 Å². The van der Waals surface area contributed by atoms with E-state index in [1.165, 1.54) is 25.3 Å². The summed E-state index contributed by atoms with van der Waals surface area (Å²) in [6.45, 7) is 0.415. The second kappa shape index (κ2) is 10.3. The molecule has 1 heterocycles. The van der Waals surface area contributed by atoms with Crippen LogP contribution < -0.4 is 10.5 Å². The molecule has 0 bridgehead atoms.